The Balaban J connectivity index is 1.52. The SMILES string of the molecule is O=C(N[C@@H](c1ccccc1)[C@@H](O)C(=O)N[C@H](Cc1ccc2ccccc2n1)C(=O)O)c1ccccc1. The van der Waals surface area contributed by atoms with Crippen LogP contribution in [0.3, 0.4) is 0 Å². The van der Waals surface area contributed by atoms with Gasteiger partial charge in [0.05, 0.1) is 11.6 Å². The minimum Gasteiger partial charge on any atom is -0.480 e. The molecule has 0 fully saturated rings. The molecule has 4 N–H and O–H groups in total. The number of rotatable bonds is 9. The second kappa shape index (κ2) is 11.2. The smallest absolute Gasteiger partial charge is 0.326 e. The molecule has 1 heterocycles. The number of amides is 2. The van der Waals surface area contributed by atoms with Crippen molar-refractivity contribution in [2.24, 2.45) is 0 Å². The number of carbonyl (C=O) groups excluding carboxylic acids is 2. The van der Waals surface area contributed by atoms with E-state index in [0.717, 1.165) is 5.39 Å². The molecule has 0 aliphatic rings. The quantitative estimate of drug-likeness (QED) is 0.290. The normalized spacial score (nSPS) is 13.4. The number of carboxylic acids is 1. The van der Waals surface area contributed by atoms with Crippen LogP contribution >= 0.6 is 0 Å². The molecule has 0 saturated heterocycles. The van der Waals surface area contributed by atoms with Crippen LogP contribution in [0.25, 0.3) is 10.9 Å². The van der Waals surface area contributed by atoms with Crippen molar-refractivity contribution < 1.29 is 24.6 Å². The molecule has 8 heteroatoms. The van der Waals surface area contributed by atoms with Crippen LogP contribution in [-0.2, 0) is 16.0 Å². The maximum Gasteiger partial charge on any atom is 0.326 e. The number of nitrogens with one attached hydrogen (secondary N) is 2. The van der Waals surface area contributed by atoms with Gasteiger partial charge in [0.15, 0.2) is 6.10 Å². The number of carbonyl (C=O) groups is 3. The summed E-state index contributed by atoms with van der Waals surface area (Å²) in [6.07, 6.45) is -1.82. The molecule has 182 valence electrons. The molecular weight excluding hydrogens is 458 g/mol. The summed E-state index contributed by atoms with van der Waals surface area (Å²) in [6.45, 7) is 0. The number of aliphatic carboxylic acids is 1. The van der Waals surface area contributed by atoms with Gasteiger partial charge in [-0.25, -0.2) is 4.79 Å². The lowest BCUT2D eigenvalue weighted by atomic mass is 9.99. The molecule has 0 aliphatic heterocycles. The first kappa shape index (κ1) is 24.6. The Morgan fingerprint density at radius 3 is 2.11 bits per heavy atom. The summed E-state index contributed by atoms with van der Waals surface area (Å²) in [4.78, 5) is 42.2. The minimum atomic E-state index is -1.74. The van der Waals surface area contributed by atoms with Gasteiger partial charge in [-0.05, 0) is 29.8 Å². The molecule has 36 heavy (non-hydrogen) atoms. The topological polar surface area (TPSA) is 129 Å². The van der Waals surface area contributed by atoms with Crippen LogP contribution in [0, 0.1) is 0 Å². The number of hydrogen-bond acceptors (Lipinski definition) is 5. The summed E-state index contributed by atoms with van der Waals surface area (Å²) in [5.41, 5.74) is 2.04. The van der Waals surface area contributed by atoms with Gasteiger partial charge in [-0.3, -0.25) is 14.6 Å². The summed E-state index contributed by atoms with van der Waals surface area (Å²) < 4.78 is 0. The summed E-state index contributed by atoms with van der Waals surface area (Å²) in [5.74, 6) is -2.67. The second-order valence-electron chi connectivity index (χ2n) is 8.27. The van der Waals surface area contributed by atoms with Gasteiger partial charge < -0.3 is 20.8 Å². The number of hydrogen-bond donors (Lipinski definition) is 4. The van der Waals surface area contributed by atoms with Gasteiger partial charge in [-0.1, -0.05) is 72.8 Å². The van der Waals surface area contributed by atoms with Gasteiger partial charge in [-0.15, -0.1) is 0 Å². The lowest BCUT2D eigenvalue weighted by Gasteiger charge is -2.25. The van der Waals surface area contributed by atoms with E-state index in [-0.39, 0.29) is 6.42 Å². The van der Waals surface area contributed by atoms with Gasteiger partial charge in [0.2, 0.25) is 0 Å². The Labute approximate surface area is 207 Å². The fraction of sp³-hybridized carbons (Fsp3) is 0.143. The molecule has 4 aromatic rings. The number of benzene rings is 3. The molecule has 0 unspecified atom stereocenters. The van der Waals surface area contributed by atoms with Gasteiger partial charge in [0, 0.05) is 23.1 Å². The van der Waals surface area contributed by atoms with Crippen molar-refractivity contribution in [3.63, 3.8) is 0 Å². The number of aliphatic hydroxyl groups excluding tert-OH is 1. The fourth-order valence-electron chi connectivity index (χ4n) is 3.86. The van der Waals surface area contributed by atoms with Gasteiger partial charge in [0.1, 0.15) is 6.04 Å². The summed E-state index contributed by atoms with van der Waals surface area (Å²) >= 11 is 0. The highest BCUT2D eigenvalue weighted by Crippen LogP contribution is 2.19. The van der Waals surface area contributed by atoms with Crippen LogP contribution in [-0.4, -0.2) is 45.1 Å². The van der Waals surface area contributed by atoms with Crippen LogP contribution in [0.5, 0.6) is 0 Å². The first-order chi connectivity index (χ1) is 17.4. The van der Waals surface area contributed by atoms with E-state index >= 15 is 0 Å². The molecule has 8 nitrogen and oxygen atoms in total. The van der Waals surface area contributed by atoms with E-state index in [1.54, 1.807) is 66.7 Å². The zero-order chi connectivity index (χ0) is 25.5. The Morgan fingerprint density at radius 2 is 1.42 bits per heavy atom. The number of para-hydroxylation sites is 1. The largest absolute Gasteiger partial charge is 0.480 e. The zero-order valence-corrected chi connectivity index (χ0v) is 19.2. The van der Waals surface area contributed by atoms with Gasteiger partial charge >= 0.3 is 5.97 Å². The molecule has 0 bridgehead atoms. The Bertz CT molecular complexity index is 1360. The van der Waals surface area contributed by atoms with Gasteiger partial charge in [0.25, 0.3) is 11.8 Å². The van der Waals surface area contributed by atoms with Crippen molar-refractivity contribution in [1.82, 2.24) is 15.6 Å². The lowest BCUT2D eigenvalue weighted by Crippen LogP contribution is -2.50. The average molecular weight is 484 g/mol. The molecule has 4 rings (SSSR count). The van der Waals surface area contributed by atoms with E-state index in [1.165, 1.54) is 0 Å². The number of nitrogens with zero attached hydrogens (tertiary/aromatic N) is 1. The van der Waals surface area contributed by atoms with E-state index in [0.29, 0.717) is 22.3 Å². The second-order valence-corrected chi connectivity index (χ2v) is 8.27. The fourth-order valence-corrected chi connectivity index (χ4v) is 3.86. The highest BCUT2D eigenvalue weighted by molar-refractivity contribution is 5.95. The maximum atomic E-state index is 13.0. The van der Waals surface area contributed by atoms with Crippen molar-refractivity contribution in [1.29, 1.82) is 0 Å². The van der Waals surface area contributed by atoms with E-state index in [4.69, 9.17) is 0 Å². The number of fused-ring (bicyclic) bond motifs is 1. The van der Waals surface area contributed by atoms with Crippen molar-refractivity contribution in [3.05, 3.63) is 114 Å². The number of aliphatic hydroxyl groups is 1. The Morgan fingerprint density at radius 1 is 0.778 bits per heavy atom. The highest BCUT2D eigenvalue weighted by atomic mass is 16.4. The Hall–Kier alpha value is -4.56. The van der Waals surface area contributed by atoms with E-state index in [1.807, 2.05) is 30.3 Å². The minimum absolute atomic E-state index is 0.0784. The third kappa shape index (κ3) is 5.92. The van der Waals surface area contributed by atoms with Crippen LogP contribution in [0.4, 0.5) is 0 Å². The van der Waals surface area contributed by atoms with Gasteiger partial charge in [-0.2, -0.15) is 0 Å². The highest BCUT2D eigenvalue weighted by Gasteiger charge is 2.32. The van der Waals surface area contributed by atoms with Crippen molar-refractivity contribution in [2.75, 3.05) is 0 Å². The maximum absolute atomic E-state index is 13.0. The summed E-state index contributed by atoms with van der Waals surface area (Å²) in [7, 11) is 0. The van der Waals surface area contributed by atoms with Crippen LogP contribution < -0.4 is 10.6 Å². The van der Waals surface area contributed by atoms with Crippen molar-refractivity contribution in [3.8, 4) is 0 Å². The van der Waals surface area contributed by atoms with Crippen LogP contribution in [0.15, 0.2) is 97.1 Å². The molecule has 3 aromatic carbocycles. The standard InChI is InChI=1S/C28H25N3O5/c32-25(24(19-10-3-1-4-11-19)31-26(33)20-12-5-2-6-13-20)27(34)30-23(28(35)36)17-21-16-15-18-9-7-8-14-22(18)29-21/h1-16,23-25,32H,17H2,(H,30,34)(H,31,33)(H,35,36)/t23-,24+,25-/m1/s1. The zero-order valence-electron chi connectivity index (χ0n) is 19.2. The summed E-state index contributed by atoms with van der Waals surface area (Å²) in [5, 5.41) is 26.7. The van der Waals surface area contributed by atoms with Crippen molar-refractivity contribution >= 4 is 28.7 Å². The molecule has 3 atom stereocenters. The first-order valence-corrected chi connectivity index (χ1v) is 11.4. The molecule has 0 spiro atoms. The van der Waals surface area contributed by atoms with Crippen molar-refractivity contribution in [2.45, 2.75) is 24.6 Å². The third-order valence-corrected chi connectivity index (χ3v) is 5.75. The van der Waals surface area contributed by atoms with Crippen LogP contribution in [0.1, 0.15) is 27.7 Å². The number of aromatic nitrogens is 1. The summed E-state index contributed by atoms with van der Waals surface area (Å²) in [6, 6.07) is 25.4. The molecule has 0 saturated carbocycles. The predicted molar refractivity (Wildman–Crippen MR) is 134 cm³/mol. The number of carboxylic acid groups (broad SMARTS) is 1. The van der Waals surface area contributed by atoms with Crippen LogP contribution in [0.2, 0.25) is 0 Å². The number of pyridine rings is 1. The predicted octanol–water partition coefficient (Wildman–Crippen LogP) is 2.88. The first-order valence-electron chi connectivity index (χ1n) is 11.4. The lowest BCUT2D eigenvalue weighted by molar-refractivity contribution is -0.143. The Kier molecular flexibility index (Phi) is 7.67. The molecule has 1 aromatic heterocycles. The monoisotopic (exact) mass is 483 g/mol. The molecule has 2 amide bonds. The molecule has 0 aliphatic carbocycles. The molecule has 0 radical (unpaired) electrons. The third-order valence-electron chi connectivity index (χ3n) is 5.75. The van der Waals surface area contributed by atoms with E-state index < -0.39 is 36.0 Å². The average Bonchev–Trinajstić information content (AvgIpc) is 2.91. The van der Waals surface area contributed by atoms with E-state index in [9.17, 15) is 24.6 Å². The van der Waals surface area contributed by atoms with E-state index in [2.05, 4.69) is 15.6 Å². The molecular formula is C28H25N3O5.